The summed E-state index contributed by atoms with van der Waals surface area (Å²) in [6.07, 6.45) is 0.154. The first kappa shape index (κ1) is 14.3. The molecule has 3 nitrogen and oxygen atoms in total. The Morgan fingerprint density at radius 1 is 1.39 bits per heavy atom. The normalized spacial score (nSPS) is 11.7. The molecule has 0 saturated carbocycles. The van der Waals surface area contributed by atoms with Gasteiger partial charge in [-0.05, 0) is 25.6 Å². The van der Waals surface area contributed by atoms with Crippen molar-refractivity contribution in [1.29, 1.82) is 0 Å². The molecule has 0 aliphatic carbocycles. The predicted octanol–water partition coefficient (Wildman–Crippen LogP) is 2.22. The second kappa shape index (κ2) is 7.52. The van der Waals surface area contributed by atoms with Gasteiger partial charge in [0.1, 0.15) is 0 Å². The quantitative estimate of drug-likeness (QED) is 0.809. The molecule has 0 amide bonds. The SMILES string of the molecule is CCN(CC#Cc1ccccc1)C(C)CC(=O)O. The van der Waals surface area contributed by atoms with Crippen molar-refractivity contribution >= 4 is 5.97 Å². The average Bonchev–Trinajstić information content (AvgIpc) is 2.35. The van der Waals surface area contributed by atoms with E-state index in [0.29, 0.717) is 6.54 Å². The molecule has 0 heterocycles. The van der Waals surface area contributed by atoms with E-state index in [0.717, 1.165) is 12.1 Å². The van der Waals surface area contributed by atoms with Gasteiger partial charge >= 0.3 is 5.97 Å². The molecule has 0 fully saturated rings. The van der Waals surface area contributed by atoms with Crippen molar-refractivity contribution in [2.45, 2.75) is 26.3 Å². The molecule has 0 aliphatic rings. The Bertz CT molecular complexity index is 431. The first-order valence-corrected chi connectivity index (χ1v) is 6.13. The van der Waals surface area contributed by atoms with E-state index in [9.17, 15) is 4.79 Å². The second-order valence-corrected chi connectivity index (χ2v) is 4.18. The summed E-state index contributed by atoms with van der Waals surface area (Å²) in [5.74, 6) is 5.40. The number of carboxylic acid groups (broad SMARTS) is 1. The number of carbonyl (C=O) groups is 1. The number of nitrogens with zero attached hydrogens (tertiary/aromatic N) is 1. The van der Waals surface area contributed by atoms with E-state index in [2.05, 4.69) is 16.7 Å². The molecule has 0 spiro atoms. The van der Waals surface area contributed by atoms with Crippen LogP contribution in [0.25, 0.3) is 0 Å². The van der Waals surface area contributed by atoms with Crippen LogP contribution < -0.4 is 0 Å². The molecule has 1 aromatic rings. The maximum Gasteiger partial charge on any atom is 0.304 e. The summed E-state index contributed by atoms with van der Waals surface area (Å²) < 4.78 is 0. The van der Waals surface area contributed by atoms with E-state index in [1.165, 1.54) is 0 Å². The highest BCUT2D eigenvalue weighted by atomic mass is 16.4. The minimum absolute atomic E-state index is 0.0116. The van der Waals surface area contributed by atoms with Crippen molar-refractivity contribution in [1.82, 2.24) is 4.90 Å². The molecule has 0 aliphatic heterocycles. The van der Waals surface area contributed by atoms with Gasteiger partial charge in [0.2, 0.25) is 0 Å². The maximum atomic E-state index is 10.7. The zero-order valence-electron chi connectivity index (χ0n) is 10.9. The van der Waals surface area contributed by atoms with Crippen LogP contribution >= 0.6 is 0 Å². The fourth-order valence-electron chi connectivity index (χ4n) is 1.73. The van der Waals surface area contributed by atoms with Crippen molar-refractivity contribution in [2.24, 2.45) is 0 Å². The van der Waals surface area contributed by atoms with Crippen LogP contribution in [0.3, 0.4) is 0 Å². The van der Waals surface area contributed by atoms with Crippen molar-refractivity contribution in [2.75, 3.05) is 13.1 Å². The van der Waals surface area contributed by atoms with Crippen LogP contribution in [0.1, 0.15) is 25.8 Å². The number of hydrogen-bond donors (Lipinski definition) is 1. The molecule has 0 saturated heterocycles. The molecule has 0 aromatic heterocycles. The molecule has 0 bridgehead atoms. The smallest absolute Gasteiger partial charge is 0.304 e. The molecule has 3 heteroatoms. The Morgan fingerprint density at radius 2 is 2.06 bits per heavy atom. The molecule has 1 N–H and O–H groups in total. The Morgan fingerprint density at radius 3 is 2.61 bits per heavy atom. The highest BCUT2D eigenvalue weighted by Gasteiger charge is 2.13. The van der Waals surface area contributed by atoms with Crippen LogP contribution in [0.2, 0.25) is 0 Å². The van der Waals surface area contributed by atoms with Crippen molar-refractivity contribution in [3.8, 4) is 11.8 Å². The summed E-state index contributed by atoms with van der Waals surface area (Å²) in [6.45, 7) is 5.34. The average molecular weight is 245 g/mol. The lowest BCUT2D eigenvalue weighted by molar-refractivity contribution is -0.138. The van der Waals surface area contributed by atoms with E-state index in [1.54, 1.807) is 0 Å². The van der Waals surface area contributed by atoms with Crippen molar-refractivity contribution in [3.63, 3.8) is 0 Å². The Kier molecular flexibility index (Phi) is 5.96. The van der Waals surface area contributed by atoms with Crippen LogP contribution in [0, 0.1) is 11.8 Å². The van der Waals surface area contributed by atoms with Crippen LogP contribution in [0.5, 0.6) is 0 Å². The van der Waals surface area contributed by atoms with Gasteiger partial charge in [0.05, 0.1) is 13.0 Å². The summed E-state index contributed by atoms with van der Waals surface area (Å²) in [4.78, 5) is 12.7. The molecule has 1 atom stereocenters. The summed E-state index contributed by atoms with van der Waals surface area (Å²) in [6, 6.07) is 9.80. The van der Waals surface area contributed by atoms with Crippen LogP contribution in [-0.4, -0.2) is 35.1 Å². The van der Waals surface area contributed by atoms with Gasteiger partial charge in [0, 0.05) is 11.6 Å². The molecule has 18 heavy (non-hydrogen) atoms. The highest BCUT2D eigenvalue weighted by molar-refractivity contribution is 5.67. The zero-order valence-corrected chi connectivity index (χ0v) is 10.9. The van der Waals surface area contributed by atoms with Gasteiger partial charge in [-0.1, -0.05) is 37.0 Å². The lowest BCUT2D eigenvalue weighted by Gasteiger charge is -2.24. The van der Waals surface area contributed by atoms with Crippen LogP contribution in [0.15, 0.2) is 30.3 Å². The zero-order chi connectivity index (χ0) is 13.4. The van der Waals surface area contributed by atoms with E-state index < -0.39 is 5.97 Å². The van der Waals surface area contributed by atoms with Gasteiger partial charge < -0.3 is 5.11 Å². The second-order valence-electron chi connectivity index (χ2n) is 4.18. The summed E-state index contributed by atoms with van der Waals surface area (Å²) in [5.41, 5.74) is 0.986. The maximum absolute atomic E-state index is 10.7. The molecular formula is C15H19NO2. The van der Waals surface area contributed by atoms with Gasteiger partial charge in [-0.2, -0.15) is 0 Å². The first-order valence-electron chi connectivity index (χ1n) is 6.13. The minimum Gasteiger partial charge on any atom is -0.481 e. The third-order valence-corrected chi connectivity index (χ3v) is 2.79. The lowest BCUT2D eigenvalue weighted by atomic mass is 10.2. The molecule has 1 aromatic carbocycles. The third-order valence-electron chi connectivity index (χ3n) is 2.79. The first-order chi connectivity index (χ1) is 8.63. The lowest BCUT2D eigenvalue weighted by Crippen LogP contribution is -2.34. The standard InChI is InChI=1S/C15H19NO2/c1-3-16(13(2)12-15(17)18)11-7-10-14-8-5-4-6-9-14/h4-6,8-9,13H,3,11-12H2,1-2H3,(H,17,18). The monoisotopic (exact) mass is 245 g/mol. The number of rotatable bonds is 5. The molecule has 0 radical (unpaired) electrons. The van der Waals surface area contributed by atoms with Crippen molar-refractivity contribution in [3.05, 3.63) is 35.9 Å². The van der Waals surface area contributed by atoms with Gasteiger partial charge in [-0.3, -0.25) is 9.69 Å². The molecular weight excluding hydrogens is 226 g/mol. The summed E-state index contributed by atoms with van der Waals surface area (Å²) in [5, 5.41) is 8.77. The third kappa shape index (κ3) is 5.03. The number of aliphatic carboxylic acids is 1. The van der Waals surface area contributed by atoms with Gasteiger partial charge in [0.15, 0.2) is 0 Å². The fourth-order valence-corrected chi connectivity index (χ4v) is 1.73. The predicted molar refractivity (Wildman–Crippen MR) is 72.3 cm³/mol. The van der Waals surface area contributed by atoms with E-state index in [1.807, 2.05) is 44.2 Å². The summed E-state index contributed by atoms with van der Waals surface area (Å²) >= 11 is 0. The van der Waals surface area contributed by atoms with Crippen molar-refractivity contribution < 1.29 is 9.90 Å². The highest BCUT2D eigenvalue weighted by Crippen LogP contribution is 2.03. The van der Waals surface area contributed by atoms with E-state index >= 15 is 0 Å². The van der Waals surface area contributed by atoms with E-state index in [4.69, 9.17) is 5.11 Å². The molecule has 96 valence electrons. The topological polar surface area (TPSA) is 40.5 Å². The van der Waals surface area contributed by atoms with E-state index in [-0.39, 0.29) is 12.5 Å². The number of carboxylic acids is 1. The number of benzene rings is 1. The molecule has 1 rings (SSSR count). The fraction of sp³-hybridized carbons (Fsp3) is 0.400. The minimum atomic E-state index is -0.767. The largest absolute Gasteiger partial charge is 0.481 e. The van der Waals surface area contributed by atoms with Gasteiger partial charge in [-0.15, -0.1) is 0 Å². The Balaban J connectivity index is 2.54. The van der Waals surface area contributed by atoms with Gasteiger partial charge in [0.25, 0.3) is 0 Å². The van der Waals surface area contributed by atoms with Crippen LogP contribution in [0.4, 0.5) is 0 Å². The summed E-state index contributed by atoms with van der Waals surface area (Å²) in [7, 11) is 0. The Hall–Kier alpha value is -1.79. The number of hydrogen-bond acceptors (Lipinski definition) is 2. The molecule has 1 unspecified atom stereocenters. The van der Waals surface area contributed by atoms with Crippen LogP contribution in [-0.2, 0) is 4.79 Å². The van der Waals surface area contributed by atoms with Gasteiger partial charge in [-0.25, -0.2) is 0 Å². The Labute approximate surface area is 108 Å².